The number of ketones is 3. The van der Waals surface area contributed by atoms with Crippen LogP contribution in [0.4, 0.5) is 8.78 Å². The van der Waals surface area contributed by atoms with Gasteiger partial charge in [-0.25, -0.2) is 13.0 Å². The molecule has 1 unspecified atom stereocenters. The molecule has 1 atom stereocenters. The predicted octanol–water partition coefficient (Wildman–Crippen LogP) is 9.30. The van der Waals surface area contributed by atoms with Gasteiger partial charge in [0.15, 0.2) is 17.3 Å². The van der Waals surface area contributed by atoms with E-state index in [0.717, 1.165) is 0 Å². The monoisotopic (exact) mass is 744 g/mol. The Kier molecular flexibility index (Phi) is 9.86. The van der Waals surface area contributed by atoms with Crippen molar-refractivity contribution in [2.45, 2.75) is 23.8 Å². The number of benzene rings is 6. The molecular weight excluding hydrogens is 711 g/mol. The van der Waals surface area contributed by atoms with E-state index in [0.29, 0.717) is 64.0 Å². The minimum atomic E-state index is -5.38. The molecule has 10 heteroatoms. The largest absolute Gasteiger partial charge is 0.377 e. The van der Waals surface area contributed by atoms with E-state index in [1.165, 1.54) is 72.8 Å². The number of halogens is 2. The Morgan fingerprint density at radius 3 is 1.61 bits per heavy atom. The van der Waals surface area contributed by atoms with E-state index in [4.69, 9.17) is 4.74 Å². The van der Waals surface area contributed by atoms with Gasteiger partial charge in [0.05, 0.1) is 16.8 Å². The van der Waals surface area contributed by atoms with Crippen LogP contribution in [0.3, 0.4) is 0 Å². The smallest absolute Gasteiger partial charge is 0.193 e. The molecule has 272 valence electrons. The van der Waals surface area contributed by atoms with E-state index < -0.39 is 38.9 Å². The van der Waals surface area contributed by atoms with Crippen molar-refractivity contribution in [2.75, 3.05) is 12.4 Å². The summed E-state index contributed by atoms with van der Waals surface area (Å²) in [4.78, 5) is 40.2. The normalized spacial score (nSPS) is 15.0. The van der Waals surface area contributed by atoms with Gasteiger partial charge in [-0.15, -0.1) is 0 Å². The van der Waals surface area contributed by atoms with Crippen molar-refractivity contribution < 1.29 is 41.2 Å². The minimum Gasteiger partial charge on any atom is -0.377 e. The number of carbonyl (C=O) groups is 3. The first-order valence-electron chi connectivity index (χ1n) is 17.2. The summed E-state index contributed by atoms with van der Waals surface area (Å²) in [6.45, 7) is 0.430. The highest BCUT2D eigenvalue weighted by atomic mass is 32.3. The Bertz CT molecular complexity index is 2450. The van der Waals surface area contributed by atoms with Crippen molar-refractivity contribution in [1.29, 1.82) is 0 Å². The molecule has 0 aromatic heterocycles. The van der Waals surface area contributed by atoms with Crippen LogP contribution in [0, 0.1) is 11.6 Å². The van der Waals surface area contributed by atoms with E-state index in [1.807, 2.05) is 6.07 Å². The Labute approximate surface area is 310 Å². The molecule has 0 bridgehead atoms. The Morgan fingerprint density at radius 1 is 0.593 bits per heavy atom. The Balaban J connectivity index is 1.26. The lowest BCUT2D eigenvalue weighted by Crippen LogP contribution is -2.40. The zero-order chi connectivity index (χ0) is 38.1. The molecule has 0 radical (unpaired) electrons. The molecule has 0 saturated carbocycles. The van der Waals surface area contributed by atoms with Crippen LogP contribution < -0.4 is 0 Å². The molecule has 54 heavy (non-hydrogen) atoms. The van der Waals surface area contributed by atoms with Gasteiger partial charge in [0.2, 0.25) is 0 Å². The van der Waals surface area contributed by atoms with Crippen LogP contribution in [0.5, 0.6) is 0 Å². The highest BCUT2D eigenvalue weighted by molar-refractivity contribution is 8.10. The fraction of sp³-hybridized carbons (Fsp3) is 0.114. The van der Waals surface area contributed by atoms with Crippen molar-refractivity contribution in [2.24, 2.45) is 0 Å². The van der Waals surface area contributed by atoms with Crippen molar-refractivity contribution in [3.8, 4) is 22.3 Å². The first-order valence-corrected chi connectivity index (χ1v) is 19.2. The second kappa shape index (κ2) is 14.6. The summed E-state index contributed by atoms with van der Waals surface area (Å²) in [5, 5.41) is 0. The zero-order valence-electron chi connectivity index (χ0n) is 28.8. The van der Waals surface area contributed by atoms with Gasteiger partial charge in [-0.1, -0.05) is 72.8 Å². The Morgan fingerprint density at radius 2 is 1.09 bits per heavy atom. The zero-order valence-corrected chi connectivity index (χ0v) is 29.6. The van der Waals surface area contributed by atoms with Crippen LogP contribution in [0.1, 0.15) is 60.6 Å². The molecule has 7 rings (SSSR count). The second-order valence-electron chi connectivity index (χ2n) is 13.3. The molecule has 2 N–H and O–H groups in total. The van der Waals surface area contributed by atoms with E-state index in [2.05, 4.69) is 0 Å². The topological polar surface area (TPSA) is 118 Å². The summed E-state index contributed by atoms with van der Waals surface area (Å²) in [6.07, 6.45) is 0.636. The summed E-state index contributed by atoms with van der Waals surface area (Å²) in [5.74, 6) is -2.50. The van der Waals surface area contributed by atoms with Gasteiger partial charge >= 0.3 is 0 Å². The third-order valence-electron chi connectivity index (χ3n) is 9.50. The minimum absolute atomic E-state index is 0.0588. The average Bonchev–Trinajstić information content (AvgIpc) is 3.69. The number of hydrogen-bond donors (Lipinski definition) is 2. The van der Waals surface area contributed by atoms with Gasteiger partial charge in [-0.2, -0.15) is 0 Å². The van der Waals surface area contributed by atoms with Crippen molar-refractivity contribution in [3.63, 3.8) is 0 Å². The maximum atomic E-state index is 14.4. The number of rotatable bonds is 11. The molecule has 6 aromatic carbocycles. The fourth-order valence-electron chi connectivity index (χ4n) is 6.57. The SMILES string of the molecule is O=C(c1ccc(F)cc1)c1ccc(-c2ccc(-c3ccc(C(=O)c4ccc(F)cc4)cc3)c(C(=O)c3cccc(S(=O)(O)(O)CC4CCCO4)c3)c2)cc1. The van der Waals surface area contributed by atoms with Gasteiger partial charge < -0.3 is 13.8 Å². The van der Waals surface area contributed by atoms with Gasteiger partial charge in [0.1, 0.15) is 21.3 Å². The maximum absolute atomic E-state index is 14.4. The summed E-state index contributed by atoms with van der Waals surface area (Å²) in [5.41, 5.74) is 4.10. The van der Waals surface area contributed by atoms with Crippen molar-refractivity contribution >= 4 is 27.0 Å². The molecule has 0 amide bonds. The maximum Gasteiger partial charge on any atom is 0.193 e. The molecule has 7 nitrogen and oxygen atoms in total. The number of hydrogen-bond acceptors (Lipinski definition) is 5. The lowest BCUT2D eigenvalue weighted by Gasteiger charge is -2.33. The molecule has 1 aliphatic rings. The van der Waals surface area contributed by atoms with Crippen LogP contribution in [0.25, 0.3) is 22.3 Å². The van der Waals surface area contributed by atoms with E-state index in [-0.39, 0.29) is 27.6 Å². The van der Waals surface area contributed by atoms with E-state index in [9.17, 15) is 36.5 Å². The quantitative estimate of drug-likeness (QED) is 0.127. The first-order chi connectivity index (χ1) is 25.8. The molecular formula is C44H34F2O7S. The van der Waals surface area contributed by atoms with E-state index in [1.54, 1.807) is 60.7 Å². The first kappa shape index (κ1) is 36.6. The fourth-order valence-corrected chi connectivity index (χ4v) is 8.41. The van der Waals surface area contributed by atoms with Crippen LogP contribution in [-0.4, -0.2) is 49.1 Å². The molecule has 6 aromatic rings. The van der Waals surface area contributed by atoms with Gasteiger partial charge in [-0.05, 0) is 102 Å². The predicted molar refractivity (Wildman–Crippen MR) is 202 cm³/mol. The van der Waals surface area contributed by atoms with Crippen molar-refractivity contribution in [1.82, 2.24) is 0 Å². The lowest BCUT2D eigenvalue weighted by atomic mass is 9.89. The second-order valence-corrected chi connectivity index (χ2v) is 16.1. The third-order valence-corrected chi connectivity index (χ3v) is 11.7. The molecule has 1 fully saturated rings. The molecule has 0 spiro atoms. The number of ether oxygens (including phenoxy) is 1. The summed E-state index contributed by atoms with van der Waals surface area (Å²) in [7, 11) is -5.38. The Hall–Kier alpha value is -5.78. The average molecular weight is 745 g/mol. The van der Waals surface area contributed by atoms with Crippen LogP contribution in [0.15, 0.2) is 144 Å². The third kappa shape index (κ3) is 7.78. The van der Waals surface area contributed by atoms with Gasteiger partial charge in [-0.3, -0.25) is 14.4 Å². The highest BCUT2D eigenvalue weighted by Gasteiger charge is 2.38. The summed E-state index contributed by atoms with van der Waals surface area (Å²) < 4.78 is 68.1. The molecule has 1 aliphatic heterocycles. The molecule has 1 heterocycles. The standard InChI is InChI=1S/C44H34F2O7S/c45-36-19-14-32(15-20-36)42(47)30-10-6-28(7-11-30)34-18-23-40(29-8-12-31(13-9-29)43(48)33-16-21-37(46)22-17-33)41(26-34)44(49)35-3-1-5-39(25-35)54(50,51,52)27-38-4-2-24-53-38/h1,3,5-23,25-26,38H,2,4,24,27H2,(H2,50,51,52). The van der Waals surface area contributed by atoms with Crippen molar-refractivity contribution in [3.05, 3.63) is 185 Å². The van der Waals surface area contributed by atoms with Crippen LogP contribution in [0.2, 0.25) is 0 Å². The lowest BCUT2D eigenvalue weighted by molar-refractivity contribution is 0.103. The molecule has 0 aliphatic carbocycles. The van der Waals surface area contributed by atoms with Crippen LogP contribution >= 0.6 is 0 Å². The molecule has 1 saturated heterocycles. The highest BCUT2D eigenvalue weighted by Crippen LogP contribution is 2.36. The van der Waals surface area contributed by atoms with Gasteiger partial charge in [0.25, 0.3) is 0 Å². The van der Waals surface area contributed by atoms with E-state index >= 15 is 0 Å². The van der Waals surface area contributed by atoms with Crippen LogP contribution in [-0.2, 0) is 14.4 Å². The summed E-state index contributed by atoms with van der Waals surface area (Å²) in [6, 6.07) is 34.6. The summed E-state index contributed by atoms with van der Waals surface area (Å²) >= 11 is 0. The number of carbonyl (C=O) groups excluding carboxylic acids is 3. The van der Waals surface area contributed by atoms with Gasteiger partial charge in [0, 0.05) is 40.0 Å².